The molecule has 6 heteroatoms. The highest BCUT2D eigenvalue weighted by Crippen LogP contribution is 2.18. The number of hydrogen-bond donors (Lipinski definition) is 3. The van der Waals surface area contributed by atoms with E-state index in [1.54, 1.807) is 24.3 Å². The molecule has 1 aliphatic heterocycles. The first-order valence-electron chi connectivity index (χ1n) is 8.68. The Morgan fingerprint density at radius 2 is 1.96 bits per heavy atom. The van der Waals surface area contributed by atoms with Crippen LogP contribution in [0.5, 0.6) is 0 Å². The zero-order valence-electron chi connectivity index (χ0n) is 14.3. The van der Waals surface area contributed by atoms with Crippen molar-refractivity contribution in [1.82, 2.24) is 15.5 Å². The molecule has 1 heterocycles. The number of likely N-dealkylation sites (tertiary alicyclic amines) is 1. The number of carboxylic acids is 1. The Bertz CT molecular complexity index is 545. The molecule has 0 saturated carbocycles. The van der Waals surface area contributed by atoms with Crippen molar-refractivity contribution in [2.75, 3.05) is 19.6 Å². The van der Waals surface area contributed by atoms with Gasteiger partial charge in [0.2, 0.25) is 0 Å². The van der Waals surface area contributed by atoms with Crippen molar-refractivity contribution in [1.29, 1.82) is 0 Å². The van der Waals surface area contributed by atoms with E-state index in [-0.39, 0.29) is 11.6 Å². The quantitative estimate of drug-likeness (QED) is 0.716. The minimum atomic E-state index is -0.949. The lowest BCUT2D eigenvalue weighted by molar-refractivity contribution is 0.0697. The van der Waals surface area contributed by atoms with Crippen molar-refractivity contribution in [2.45, 2.75) is 45.2 Å². The molecule has 6 nitrogen and oxygen atoms in total. The second kappa shape index (κ2) is 9.27. The van der Waals surface area contributed by atoms with Gasteiger partial charge in [0.15, 0.2) is 0 Å². The van der Waals surface area contributed by atoms with Crippen LogP contribution in [0.4, 0.5) is 4.79 Å². The van der Waals surface area contributed by atoms with Crippen LogP contribution in [0.3, 0.4) is 0 Å². The van der Waals surface area contributed by atoms with Gasteiger partial charge in [0.05, 0.1) is 5.56 Å². The molecule has 0 spiro atoms. The molecule has 1 aliphatic rings. The SMILES string of the molecule is CCC1CCCCN1CCNC(=O)NCc1ccc(C(=O)O)cc1. The van der Waals surface area contributed by atoms with Crippen molar-refractivity contribution < 1.29 is 14.7 Å². The maximum Gasteiger partial charge on any atom is 0.335 e. The highest BCUT2D eigenvalue weighted by molar-refractivity contribution is 5.87. The summed E-state index contributed by atoms with van der Waals surface area (Å²) >= 11 is 0. The van der Waals surface area contributed by atoms with Gasteiger partial charge in [-0.05, 0) is 43.5 Å². The van der Waals surface area contributed by atoms with Crippen LogP contribution in [0.1, 0.15) is 48.5 Å². The van der Waals surface area contributed by atoms with Crippen molar-refractivity contribution in [2.24, 2.45) is 0 Å². The fourth-order valence-electron chi connectivity index (χ4n) is 3.14. The predicted octanol–water partition coefficient (Wildman–Crippen LogP) is 2.45. The highest BCUT2D eigenvalue weighted by Gasteiger charge is 2.20. The fraction of sp³-hybridized carbons (Fsp3) is 0.556. The van der Waals surface area contributed by atoms with E-state index in [2.05, 4.69) is 22.5 Å². The summed E-state index contributed by atoms with van der Waals surface area (Å²) in [6.45, 7) is 5.25. The standard InChI is InChI=1S/C18H27N3O3/c1-2-16-5-3-4-11-21(16)12-10-19-18(24)20-13-14-6-8-15(9-7-14)17(22)23/h6-9,16H,2-5,10-13H2,1H3,(H,22,23)(H2,19,20,24). The third-order valence-electron chi connectivity index (χ3n) is 4.56. The number of piperidine rings is 1. The second-order valence-corrected chi connectivity index (χ2v) is 6.21. The van der Waals surface area contributed by atoms with Crippen molar-refractivity contribution >= 4 is 12.0 Å². The third kappa shape index (κ3) is 5.53. The number of benzene rings is 1. The van der Waals surface area contributed by atoms with Crippen LogP contribution >= 0.6 is 0 Å². The van der Waals surface area contributed by atoms with E-state index < -0.39 is 5.97 Å². The summed E-state index contributed by atoms with van der Waals surface area (Å²) in [5, 5.41) is 14.5. The molecule has 132 valence electrons. The van der Waals surface area contributed by atoms with Crippen LogP contribution in [0, 0.1) is 0 Å². The number of nitrogens with one attached hydrogen (secondary N) is 2. The minimum absolute atomic E-state index is 0.192. The molecule has 0 bridgehead atoms. The number of carbonyl (C=O) groups is 2. The number of carboxylic acid groups (broad SMARTS) is 1. The monoisotopic (exact) mass is 333 g/mol. The second-order valence-electron chi connectivity index (χ2n) is 6.21. The summed E-state index contributed by atoms with van der Waals surface area (Å²) in [7, 11) is 0. The molecular weight excluding hydrogens is 306 g/mol. The molecule has 1 unspecified atom stereocenters. The van der Waals surface area contributed by atoms with Gasteiger partial charge in [0, 0.05) is 25.7 Å². The lowest BCUT2D eigenvalue weighted by Gasteiger charge is -2.35. The van der Waals surface area contributed by atoms with Crippen LogP contribution < -0.4 is 10.6 Å². The van der Waals surface area contributed by atoms with Crippen LogP contribution in [0.15, 0.2) is 24.3 Å². The molecule has 1 atom stereocenters. The molecular formula is C18H27N3O3. The van der Waals surface area contributed by atoms with Crippen LogP contribution in [0.2, 0.25) is 0 Å². The Morgan fingerprint density at radius 1 is 1.21 bits per heavy atom. The zero-order chi connectivity index (χ0) is 17.4. The summed E-state index contributed by atoms with van der Waals surface area (Å²) in [5.41, 5.74) is 1.12. The summed E-state index contributed by atoms with van der Waals surface area (Å²) in [4.78, 5) is 25.1. The number of rotatable bonds is 7. The Kier molecular flexibility index (Phi) is 7.06. The van der Waals surface area contributed by atoms with E-state index in [0.717, 1.165) is 18.7 Å². The van der Waals surface area contributed by atoms with Gasteiger partial charge in [-0.1, -0.05) is 25.5 Å². The first-order chi connectivity index (χ1) is 11.6. The van der Waals surface area contributed by atoms with Crippen LogP contribution in [0.25, 0.3) is 0 Å². The molecule has 2 rings (SSSR count). The van der Waals surface area contributed by atoms with Gasteiger partial charge < -0.3 is 15.7 Å². The number of carbonyl (C=O) groups excluding carboxylic acids is 1. The van der Waals surface area contributed by atoms with Crippen molar-refractivity contribution in [3.05, 3.63) is 35.4 Å². The summed E-state index contributed by atoms with van der Waals surface area (Å²) in [6, 6.07) is 6.96. The van der Waals surface area contributed by atoms with E-state index in [9.17, 15) is 9.59 Å². The molecule has 1 fully saturated rings. The molecule has 24 heavy (non-hydrogen) atoms. The van der Waals surface area contributed by atoms with Gasteiger partial charge in [-0.2, -0.15) is 0 Å². The first-order valence-corrected chi connectivity index (χ1v) is 8.68. The van der Waals surface area contributed by atoms with Gasteiger partial charge in [-0.15, -0.1) is 0 Å². The normalized spacial score (nSPS) is 18.1. The van der Waals surface area contributed by atoms with Crippen molar-refractivity contribution in [3.63, 3.8) is 0 Å². The van der Waals surface area contributed by atoms with Gasteiger partial charge in [0.1, 0.15) is 0 Å². The van der Waals surface area contributed by atoms with E-state index in [4.69, 9.17) is 5.11 Å². The summed E-state index contributed by atoms with van der Waals surface area (Å²) in [5.74, 6) is -0.949. The number of hydrogen-bond acceptors (Lipinski definition) is 3. The maximum atomic E-state index is 11.8. The molecule has 2 amide bonds. The minimum Gasteiger partial charge on any atom is -0.478 e. The van der Waals surface area contributed by atoms with Gasteiger partial charge in [0.25, 0.3) is 0 Å². The zero-order valence-corrected chi connectivity index (χ0v) is 14.3. The maximum absolute atomic E-state index is 11.8. The van der Waals surface area contributed by atoms with E-state index in [1.807, 2.05) is 0 Å². The summed E-state index contributed by atoms with van der Waals surface area (Å²) in [6.07, 6.45) is 4.98. The molecule has 1 saturated heterocycles. The number of urea groups is 1. The van der Waals surface area contributed by atoms with Gasteiger partial charge >= 0.3 is 12.0 Å². The smallest absolute Gasteiger partial charge is 0.335 e. The molecule has 0 aromatic heterocycles. The third-order valence-corrected chi connectivity index (χ3v) is 4.56. The molecule has 0 aliphatic carbocycles. The van der Waals surface area contributed by atoms with Gasteiger partial charge in [-0.25, -0.2) is 9.59 Å². The highest BCUT2D eigenvalue weighted by atomic mass is 16.4. The molecule has 0 radical (unpaired) electrons. The van der Waals surface area contributed by atoms with E-state index in [0.29, 0.717) is 19.1 Å². The topological polar surface area (TPSA) is 81.7 Å². The predicted molar refractivity (Wildman–Crippen MR) is 93.1 cm³/mol. The largest absolute Gasteiger partial charge is 0.478 e. The first kappa shape index (κ1) is 18.3. The average Bonchev–Trinajstić information content (AvgIpc) is 2.60. The number of amides is 2. The Balaban J connectivity index is 1.67. The Morgan fingerprint density at radius 3 is 2.62 bits per heavy atom. The van der Waals surface area contributed by atoms with Crippen LogP contribution in [-0.4, -0.2) is 47.7 Å². The Labute approximate surface area is 143 Å². The van der Waals surface area contributed by atoms with Gasteiger partial charge in [-0.3, -0.25) is 4.90 Å². The molecule has 1 aromatic carbocycles. The van der Waals surface area contributed by atoms with Crippen molar-refractivity contribution in [3.8, 4) is 0 Å². The lowest BCUT2D eigenvalue weighted by atomic mass is 10.0. The number of aromatic carboxylic acids is 1. The molecule has 1 aromatic rings. The van der Waals surface area contributed by atoms with E-state index >= 15 is 0 Å². The average molecular weight is 333 g/mol. The van der Waals surface area contributed by atoms with E-state index in [1.165, 1.54) is 25.7 Å². The number of nitrogens with zero attached hydrogens (tertiary/aromatic N) is 1. The fourth-order valence-corrected chi connectivity index (χ4v) is 3.14. The lowest BCUT2D eigenvalue weighted by Crippen LogP contribution is -2.45. The Hall–Kier alpha value is -2.08. The molecule has 3 N–H and O–H groups in total. The summed E-state index contributed by atoms with van der Waals surface area (Å²) < 4.78 is 0. The van der Waals surface area contributed by atoms with Crippen LogP contribution in [-0.2, 0) is 6.54 Å².